The van der Waals surface area contributed by atoms with E-state index in [1.807, 2.05) is 18.2 Å². The van der Waals surface area contributed by atoms with Crippen LogP contribution in [-0.2, 0) is 0 Å². The summed E-state index contributed by atoms with van der Waals surface area (Å²) in [6.07, 6.45) is 8.33. The Bertz CT molecular complexity index is 1650. The quantitative estimate of drug-likeness (QED) is 0.195. The molecule has 7 rings (SSSR count). The van der Waals surface area contributed by atoms with Gasteiger partial charge in [0.15, 0.2) is 23.0 Å². The number of hydrogen-bond donors (Lipinski definition) is 5. The zero-order chi connectivity index (χ0) is 31.6. The van der Waals surface area contributed by atoms with Gasteiger partial charge in [-0.25, -0.2) is 19.9 Å². The summed E-state index contributed by atoms with van der Waals surface area (Å²) in [5.41, 5.74) is 10.3. The number of likely N-dealkylation sites (N-methyl/N-ethyl adjacent to an activating group) is 1. The van der Waals surface area contributed by atoms with E-state index in [0.29, 0.717) is 47.1 Å². The molecule has 0 radical (unpaired) electrons. The smallest absolute Gasteiger partial charge is 0.271 e. The monoisotopic (exact) mass is 625 g/mol. The maximum absolute atomic E-state index is 12.7. The molecule has 0 unspecified atom stereocenters. The molecule has 3 aliphatic rings. The largest absolute Gasteiger partial charge is 0.393 e. The number of imidazole rings is 1. The van der Waals surface area contributed by atoms with Crippen LogP contribution in [0.3, 0.4) is 0 Å². The summed E-state index contributed by atoms with van der Waals surface area (Å²) in [6, 6.07) is 10.8. The highest BCUT2D eigenvalue weighted by Gasteiger charge is 2.28. The van der Waals surface area contributed by atoms with Crippen molar-refractivity contribution in [2.75, 3.05) is 61.8 Å². The van der Waals surface area contributed by atoms with Crippen LogP contribution < -0.4 is 21.3 Å². The number of benzene rings is 1. The number of rotatable bonds is 8. The van der Waals surface area contributed by atoms with Crippen LogP contribution in [0.1, 0.15) is 49.0 Å². The Morgan fingerprint density at radius 2 is 1.65 bits per heavy atom. The van der Waals surface area contributed by atoms with Crippen molar-refractivity contribution in [2.24, 2.45) is 5.73 Å². The molecule has 6 N–H and O–H groups in total. The number of carbonyl (C=O) groups excluding carboxylic acids is 1. The van der Waals surface area contributed by atoms with Gasteiger partial charge in [0.1, 0.15) is 11.2 Å². The normalized spacial score (nSPS) is 21.8. The summed E-state index contributed by atoms with van der Waals surface area (Å²) in [4.78, 5) is 41.8. The van der Waals surface area contributed by atoms with Gasteiger partial charge in [-0.1, -0.05) is 0 Å². The van der Waals surface area contributed by atoms with Crippen LogP contribution in [0, 0.1) is 0 Å². The summed E-state index contributed by atoms with van der Waals surface area (Å²) in [7, 11) is 2.20. The van der Waals surface area contributed by atoms with Crippen molar-refractivity contribution < 1.29 is 9.90 Å². The highest BCUT2D eigenvalue weighted by molar-refractivity contribution is 5.99. The van der Waals surface area contributed by atoms with Gasteiger partial charge in [0, 0.05) is 74.5 Å². The highest BCUT2D eigenvalue weighted by Crippen LogP contribution is 2.34. The maximum Gasteiger partial charge on any atom is 0.271 e. The molecule has 5 heterocycles. The van der Waals surface area contributed by atoms with Gasteiger partial charge in [-0.05, 0) is 75.9 Å². The fourth-order valence-corrected chi connectivity index (χ4v) is 7.00. The lowest BCUT2D eigenvalue weighted by atomic mass is 9.93. The molecule has 3 aromatic heterocycles. The second-order valence-electron chi connectivity index (χ2n) is 12.8. The Kier molecular flexibility index (Phi) is 8.69. The predicted octanol–water partition coefficient (Wildman–Crippen LogP) is 3.19. The van der Waals surface area contributed by atoms with Crippen molar-refractivity contribution in [3.8, 4) is 11.3 Å². The number of fused-ring (bicyclic) bond motifs is 1. The minimum atomic E-state index is -0.684. The third-order valence-electron chi connectivity index (χ3n) is 9.75. The predicted molar refractivity (Wildman–Crippen MR) is 179 cm³/mol. The highest BCUT2D eigenvalue weighted by atomic mass is 16.3. The molecule has 0 atom stereocenters. The van der Waals surface area contributed by atoms with Crippen LogP contribution in [0.15, 0.2) is 42.9 Å². The number of anilines is 4. The number of carbonyl (C=O) groups is 1. The van der Waals surface area contributed by atoms with Crippen LogP contribution in [0.5, 0.6) is 0 Å². The number of nitrogens with zero attached hydrogens (tertiary/aromatic N) is 7. The van der Waals surface area contributed by atoms with Crippen LogP contribution in [0.4, 0.5) is 23.0 Å². The molecule has 2 aliphatic heterocycles. The zero-order valence-electron chi connectivity index (χ0n) is 26.3. The zero-order valence-corrected chi connectivity index (χ0v) is 26.3. The molecule has 4 aromatic rings. The number of pyridine rings is 1. The fraction of sp³-hybridized carbons (Fsp3) is 0.485. The van der Waals surface area contributed by atoms with Gasteiger partial charge >= 0.3 is 0 Å². The number of piperidine rings is 1. The summed E-state index contributed by atoms with van der Waals surface area (Å²) in [5, 5.41) is 16.9. The van der Waals surface area contributed by atoms with Crippen molar-refractivity contribution in [2.45, 2.75) is 56.7 Å². The van der Waals surface area contributed by atoms with E-state index < -0.39 is 5.91 Å². The van der Waals surface area contributed by atoms with Crippen LogP contribution in [0.2, 0.25) is 0 Å². The van der Waals surface area contributed by atoms with Gasteiger partial charge in [0.05, 0.1) is 12.4 Å². The van der Waals surface area contributed by atoms with Crippen molar-refractivity contribution in [1.82, 2.24) is 34.7 Å². The lowest BCUT2D eigenvalue weighted by Crippen LogP contribution is -2.52. The van der Waals surface area contributed by atoms with E-state index in [1.165, 1.54) is 18.5 Å². The number of piperazine rings is 1. The number of nitrogens with two attached hydrogens (primary N) is 1. The SMILES string of the molecule is CN1CCN(C2CCN(c3ccc(Nc4nc(N[C@H]5CC[C@H](O)CC5)c(-c5ccnc6[nH]cnc56)nc4C(N)=O)cc3)CC2)CC1. The summed E-state index contributed by atoms with van der Waals surface area (Å²) >= 11 is 0. The maximum atomic E-state index is 12.7. The average Bonchev–Trinajstić information content (AvgIpc) is 3.56. The van der Waals surface area contributed by atoms with E-state index in [4.69, 9.17) is 15.7 Å². The summed E-state index contributed by atoms with van der Waals surface area (Å²) in [6.45, 7) is 6.70. The fourth-order valence-electron chi connectivity index (χ4n) is 7.00. The van der Waals surface area contributed by atoms with Gasteiger partial charge < -0.3 is 36.3 Å². The van der Waals surface area contributed by atoms with Gasteiger partial charge in [0.2, 0.25) is 0 Å². The molecule has 1 aliphatic carbocycles. The first-order valence-corrected chi connectivity index (χ1v) is 16.4. The molecule has 3 fully saturated rings. The lowest BCUT2D eigenvalue weighted by molar-refractivity contribution is 0.0982. The molecule has 13 heteroatoms. The first-order chi connectivity index (χ1) is 22.4. The molecule has 46 heavy (non-hydrogen) atoms. The van der Waals surface area contributed by atoms with E-state index in [9.17, 15) is 9.90 Å². The first kappa shape index (κ1) is 30.3. The first-order valence-electron chi connectivity index (χ1n) is 16.4. The Balaban J connectivity index is 1.12. The third-order valence-corrected chi connectivity index (χ3v) is 9.75. The number of aliphatic hydroxyl groups excluding tert-OH is 1. The molecular formula is C33H43N11O2. The minimum absolute atomic E-state index is 0.0372. The second kappa shape index (κ2) is 13.2. The molecule has 2 saturated heterocycles. The number of aromatic nitrogens is 5. The topological polar surface area (TPSA) is 164 Å². The van der Waals surface area contributed by atoms with Gasteiger partial charge in [-0.2, -0.15) is 0 Å². The van der Waals surface area contributed by atoms with E-state index >= 15 is 0 Å². The van der Waals surface area contributed by atoms with E-state index in [2.05, 4.69) is 59.5 Å². The van der Waals surface area contributed by atoms with Gasteiger partial charge in [-0.15, -0.1) is 0 Å². The standard InChI is InChI=1S/C33H43N11O2/c1-42-16-18-44(19-17-42)24-11-14-43(15-12-24)23-6-2-21(3-7-23)39-33-29(30(34)46)40-28(26-10-13-35-31-27(26)36-20-37-31)32(41-33)38-22-4-8-25(45)9-5-22/h2-3,6-7,10,13,20,22,24-25,45H,4-5,8-9,11-12,14-19H2,1H3,(H2,34,46)(H,35,36,37)(H2,38,39,41)/t22-,25-. The molecule has 13 nitrogen and oxygen atoms in total. The second-order valence-corrected chi connectivity index (χ2v) is 12.8. The molecule has 0 spiro atoms. The van der Waals surface area contributed by atoms with Crippen molar-refractivity contribution in [3.05, 3.63) is 48.5 Å². The van der Waals surface area contributed by atoms with Crippen molar-refractivity contribution >= 4 is 40.1 Å². The molecule has 0 bridgehead atoms. The molecule has 1 saturated carbocycles. The van der Waals surface area contributed by atoms with Gasteiger partial charge in [0.25, 0.3) is 5.91 Å². The average molecular weight is 626 g/mol. The minimum Gasteiger partial charge on any atom is -0.393 e. The summed E-state index contributed by atoms with van der Waals surface area (Å²) in [5.74, 6) is 0.114. The van der Waals surface area contributed by atoms with E-state index in [0.717, 1.165) is 57.8 Å². The Labute approximate surface area is 268 Å². The third kappa shape index (κ3) is 6.48. The number of nitrogens with one attached hydrogen (secondary N) is 3. The number of H-pyrrole nitrogens is 1. The summed E-state index contributed by atoms with van der Waals surface area (Å²) < 4.78 is 0. The molecular weight excluding hydrogens is 582 g/mol. The van der Waals surface area contributed by atoms with Crippen molar-refractivity contribution in [1.29, 1.82) is 0 Å². The number of aromatic amines is 1. The van der Waals surface area contributed by atoms with Crippen molar-refractivity contribution in [3.63, 3.8) is 0 Å². The number of primary amides is 1. The number of hydrogen-bond acceptors (Lipinski definition) is 11. The van der Waals surface area contributed by atoms with Gasteiger partial charge in [-0.3, -0.25) is 9.69 Å². The Morgan fingerprint density at radius 1 is 0.913 bits per heavy atom. The van der Waals surface area contributed by atoms with E-state index in [1.54, 1.807) is 12.5 Å². The lowest BCUT2D eigenvalue weighted by Gasteiger charge is -2.42. The number of aliphatic hydroxyl groups is 1. The molecule has 1 aromatic carbocycles. The number of amides is 1. The van der Waals surface area contributed by atoms with E-state index in [-0.39, 0.29) is 23.7 Å². The van der Waals surface area contributed by atoms with Crippen LogP contribution in [-0.4, -0.2) is 110 Å². The van der Waals surface area contributed by atoms with Crippen LogP contribution in [0.25, 0.3) is 22.4 Å². The molecule has 1 amide bonds. The Morgan fingerprint density at radius 3 is 2.37 bits per heavy atom. The molecule has 242 valence electrons. The van der Waals surface area contributed by atoms with Crippen LogP contribution >= 0.6 is 0 Å². The Hall–Kier alpha value is -4.33.